The first-order valence-corrected chi connectivity index (χ1v) is 10.1. The molecule has 0 aliphatic rings. The highest BCUT2D eigenvalue weighted by molar-refractivity contribution is 5.94. The second-order valence-corrected chi connectivity index (χ2v) is 6.90. The molecule has 2 amide bonds. The minimum Gasteiger partial charge on any atom is -0.497 e. The van der Waals surface area contributed by atoms with E-state index in [1.165, 1.54) is 0 Å². The van der Waals surface area contributed by atoms with E-state index in [0.717, 1.165) is 5.56 Å². The highest BCUT2D eigenvalue weighted by Gasteiger charge is 2.15. The number of hydrogen-bond donors (Lipinski definition) is 1. The fraction of sp³-hybridized carbons (Fsp3) is 0.200. The molecule has 1 N–H and O–H groups in total. The Kier molecular flexibility index (Phi) is 7.65. The van der Waals surface area contributed by atoms with Crippen LogP contribution in [0.15, 0.2) is 78.9 Å². The van der Waals surface area contributed by atoms with E-state index in [-0.39, 0.29) is 18.4 Å². The van der Waals surface area contributed by atoms with Crippen LogP contribution in [0.1, 0.15) is 22.8 Å². The van der Waals surface area contributed by atoms with Gasteiger partial charge in [0, 0.05) is 30.4 Å². The minimum absolute atomic E-state index is 0.0475. The summed E-state index contributed by atoms with van der Waals surface area (Å²) in [6.45, 7) is 2.98. The molecule has 0 bridgehead atoms. The Bertz CT molecular complexity index is 1000. The van der Waals surface area contributed by atoms with Crippen LogP contribution in [0.2, 0.25) is 0 Å². The summed E-state index contributed by atoms with van der Waals surface area (Å²) < 4.78 is 10.7. The van der Waals surface area contributed by atoms with Crippen LogP contribution in [0, 0.1) is 0 Å². The standard InChI is InChI=1S/C25H26N2O4/c1-3-27(17-19-8-5-4-6-9-19)25(29)20-12-14-22(15-13-20)31-18-24(28)26-21-10-7-11-23(16-21)30-2/h4-16H,3,17-18H2,1-2H3,(H,26,28). The lowest BCUT2D eigenvalue weighted by Gasteiger charge is -2.21. The van der Waals surface area contributed by atoms with Crippen molar-refractivity contribution in [3.63, 3.8) is 0 Å². The van der Waals surface area contributed by atoms with Crippen molar-refractivity contribution >= 4 is 17.5 Å². The maximum absolute atomic E-state index is 12.8. The quantitative estimate of drug-likeness (QED) is 0.560. The summed E-state index contributed by atoms with van der Waals surface area (Å²) >= 11 is 0. The predicted molar refractivity (Wildman–Crippen MR) is 120 cm³/mol. The maximum Gasteiger partial charge on any atom is 0.262 e. The molecule has 0 aliphatic heterocycles. The van der Waals surface area contributed by atoms with Gasteiger partial charge in [0.05, 0.1) is 7.11 Å². The van der Waals surface area contributed by atoms with Crippen molar-refractivity contribution in [2.24, 2.45) is 0 Å². The second-order valence-electron chi connectivity index (χ2n) is 6.90. The molecule has 3 aromatic carbocycles. The molecular formula is C25H26N2O4. The predicted octanol–water partition coefficient (Wildman–Crippen LogP) is 4.38. The number of nitrogens with one attached hydrogen (secondary N) is 1. The summed E-state index contributed by atoms with van der Waals surface area (Å²) in [6, 6.07) is 23.8. The molecule has 0 aromatic heterocycles. The van der Waals surface area contributed by atoms with Crippen LogP contribution in [-0.2, 0) is 11.3 Å². The first-order chi connectivity index (χ1) is 15.1. The van der Waals surface area contributed by atoms with Gasteiger partial charge in [-0.15, -0.1) is 0 Å². The Balaban J connectivity index is 1.54. The summed E-state index contributed by atoms with van der Waals surface area (Å²) in [5, 5.41) is 2.76. The molecular weight excluding hydrogens is 392 g/mol. The normalized spacial score (nSPS) is 10.3. The van der Waals surface area contributed by atoms with Gasteiger partial charge in [0.2, 0.25) is 0 Å². The number of methoxy groups -OCH3 is 1. The van der Waals surface area contributed by atoms with Crippen LogP contribution in [0.5, 0.6) is 11.5 Å². The molecule has 0 aliphatic carbocycles. The van der Waals surface area contributed by atoms with Crippen LogP contribution in [-0.4, -0.2) is 37.0 Å². The molecule has 3 aromatic rings. The number of benzene rings is 3. The van der Waals surface area contributed by atoms with Gasteiger partial charge in [0.25, 0.3) is 11.8 Å². The highest BCUT2D eigenvalue weighted by Crippen LogP contribution is 2.18. The summed E-state index contributed by atoms with van der Waals surface area (Å²) in [5.74, 6) is 0.845. The number of carbonyl (C=O) groups excluding carboxylic acids is 2. The van der Waals surface area contributed by atoms with Gasteiger partial charge in [-0.3, -0.25) is 9.59 Å². The zero-order chi connectivity index (χ0) is 22.1. The van der Waals surface area contributed by atoms with E-state index < -0.39 is 0 Å². The van der Waals surface area contributed by atoms with E-state index in [9.17, 15) is 9.59 Å². The van der Waals surface area contributed by atoms with Gasteiger partial charge in [-0.05, 0) is 48.9 Å². The van der Waals surface area contributed by atoms with E-state index in [1.54, 1.807) is 60.5 Å². The monoisotopic (exact) mass is 418 g/mol. The Hall–Kier alpha value is -3.80. The molecule has 0 heterocycles. The third-order valence-electron chi connectivity index (χ3n) is 4.71. The molecule has 0 radical (unpaired) electrons. The summed E-state index contributed by atoms with van der Waals surface area (Å²) in [5.41, 5.74) is 2.29. The number of ether oxygens (including phenoxy) is 2. The number of rotatable bonds is 9. The molecule has 0 atom stereocenters. The fourth-order valence-corrected chi connectivity index (χ4v) is 3.05. The second kappa shape index (κ2) is 10.8. The lowest BCUT2D eigenvalue weighted by Crippen LogP contribution is -2.30. The van der Waals surface area contributed by atoms with Crippen LogP contribution >= 0.6 is 0 Å². The van der Waals surface area contributed by atoms with Crippen molar-refractivity contribution in [3.8, 4) is 11.5 Å². The van der Waals surface area contributed by atoms with Crippen molar-refractivity contribution in [2.45, 2.75) is 13.5 Å². The zero-order valence-corrected chi connectivity index (χ0v) is 17.7. The van der Waals surface area contributed by atoms with Crippen molar-refractivity contribution in [1.82, 2.24) is 4.90 Å². The average Bonchev–Trinajstić information content (AvgIpc) is 2.82. The Morgan fingerprint density at radius 2 is 1.65 bits per heavy atom. The first kappa shape index (κ1) is 21.9. The zero-order valence-electron chi connectivity index (χ0n) is 17.7. The van der Waals surface area contributed by atoms with E-state index >= 15 is 0 Å². The summed E-state index contributed by atoms with van der Waals surface area (Å²) in [7, 11) is 1.57. The van der Waals surface area contributed by atoms with E-state index in [4.69, 9.17) is 9.47 Å². The molecule has 3 rings (SSSR count). The van der Waals surface area contributed by atoms with Gasteiger partial charge in [0.15, 0.2) is 6.61 Å². The van der Waals surface area contributed by atoms with Gasteiger partial charge in [-0.25, -0.2) is 0 Å². The van der Waals surface area contributed by atoms with Crippen molar-refractivity contribution in [2.75, 3.05) is 25.6 Å². The maximum atomic E-state index is 12.8. The first-order valence-electron chi connectivity index (χ1n) is 10.1. The number of carbonyl (C=O) groups is 2. The van der Waals surface area contributed by atoms with Gasteiger partial charge in [-0.2, -0.15) is 0 Å². The molecule has 31 heavy (non-hydrogen) atoms. The summed E-state index contributed by atoms with van der Waals surface area (Å²) in [4.78, 5) is 26.7. The number of amides is 2. The Morgan fingerprint density at radius 1 is 0.903 bits per heavy atom. The van der Waals surface area contributed by atoms with Crippen molar-refractivity contribution in [1.29, 1.82) is 0 Å². The third kappa shape index (κ3) is 6.34. The van der Waals surface area contributed by atoms with Crippen LogP contribution in [0.3, 0.4) is 0 Å². The lowest BCUT2D eigenvalue weighted by atomic mass is 10.1. The fourth-order valence-electron chi connectivity index (χ4n) is 3.05. The summed E-state index contributed by atoms with van der Waals surface area (Å²) in [6.07, 6.45) is 0. The van der Waals surface area contributed by atoms with Crippen LogP contribution < -0.4 is 14.8 Å². The molecule has 0 unspecified atom stereocenters. The number of anilines is 1. The van der Waals surface area contributed by atoms with Crippen LogP contribution in [0.4, 0.5) is 5.69 Å². The van der Waals surface area contributed by atoms with E-state index in [2.05, 4.69) is 5.32 Å². The smallest absolute Gasteiger partial charge is 0.262 e. The van der Waals surface area contributed by atoms with Crippen molar-refractivity contribution in [3.05, 3.63) is 90.0 Å². The average molecular weight is 418 g/mol. The molecule has 6 heteroatoms. The molecule has 0 fully saturated rings. The van der Waals surface area contributed by atoms with E-state index in [0.29, 0.717) is 35.8 Å². The topological polar surface area (TPSA) is 67.9 Å². The van der Waals surface area contributed by atoms with Gasteiger partial charge >= 0.3 is 0 Å². The number of nitrogens with zero attached hydrogens (tertiary/aromatic N) is 1. The Morgan fingerprint density at radius 3 is 2.32 bits per heavy atom. The van der Waals surface area contributed by atoms with Gasteiger partial charge in [-0.1, -0.05) is 36.4 Å². The molecule has 0 saturated carbocycles. The van der Waals surface area contributed by atoms with Gasteiger partial charge < -0.3 is 19.7 Å². The third-order valence-corrected chi connectivity index (χ3v) is 4.71. The SMILES string of the molecule is CCN(Cc1ccccc1)C(=O)c1ccc(OCC(=O)Nc2cccc(OC)c2)cc1. The molecule has 0 spiro atoms. The lowest BCUT2D eigenvalue weighted by molar-refractivity contribution is -0.118. The van der Waals surface area contributed by atoms with E-state index in [1.807, 2.05) is 37.3 Å². The Labute approximate surface area is 182 Å². The minimum atomic E-state index is -0.284. The largest absolute Gasteiger partial charge is 0.497 e. The number of hydrogen-bond acceptors (Lipinski definition) is 4. The molecule has 6 nitrogen and oxygen atoms in total. The highest BCUT2D eigenvalue weighted by atomic mass is 16.5. The van der Waals surface area contributed by atoms with Crippen LogP contribution in [0.25, 0.3) is 0 Å². The molecule has 0 saturated heterocycles. The van der Waals surface area contributed by atoms with Crippen molar-refractivity contribution < 1.29 is 19.1 Å². The van der Waals surface area contributed by atoms with Gasteiger partial charge in [0.1, 0.15) is 11.5 Å². The molecule has 160 valence electrons.